The van der Waals surface area contributed by atoms with E-state index in [4.69, 9.17) is 14.2 Å². The fourth-order valence-electron chi connectivity index (χ4n) is 16.9. The lowest BCUT2D eigenvalue weighted by Crippen LogP contribution is -2.55. The van der Waals surface area contributed by atoms with Crippen molar-refractivity contribution >= 4 is 17.9 Å². The van der Waals surface area contributed by atoms with Crippen molar-refractivity contribution in [3.63, 3.8) is 0 Å². The first-order valence-corrected chi connectivity index (χ1v) is 22.5. The number of carbonyl (C=O) groups excluding carboxylic acids is 3. The third-order valence-corrected chi connectivity index (χ3v) is 19.4. The molecule has 0 aromatic rings. The second kappa shape index (κ2) is 13.0. The normalized spacial score (nSPS) is 50.3. The Morgan fingerprint density at radius 2 is 0.593 bits per heavy atom. The van der Waals surface area contributed by atoms with E-state index in [1.165, 1.54) is 77.0 Å². The molecular weight excluding hydrogens is 673 g/mol. The molecule has 0 bridgehead atoms. The predicted molar refractivity (Wildman–Crippen MR) is 213 cm³/mol. The van der Waals surface area contributed by atoms with E-state index in [9.17, 15) is 14.4 Å². The highest BCUT2D eigenvalue weighted by molar-refractivity contribution is 5.74. The van der Waals surface area contributed by atoms with Gasteiger partial charge in [0.05, 0.1) is 19.3 Å². The number of carbonyl (C=O) groups is 3. The van der Waals surface area contributed by atoms with E-state index >= 15 is 0 Å². The van der Waals surface area contributed by atoms with Gasteiger partial charge in [0.25, 0.3) is 0 Å². The Kier molecular flexibility index (Phi) is 9.74. The topological polar surface area (TPSA) is 78.9 Å². The molecule has 6 heteroatoms. The molecular formula is C48H78O6. The maximum atomic E-state index is 11.8. The summed E-state index contributed by atoms with van der Waals surface area (Å²) in [5.41, 5.74) is 1.70. The number of hydrogen-bond donors (Lipinski definition) is 0. The first-order chi connectivity index (χ1) is 24.8. The van der Waals surface area contributed by atoms with Crippen molar-refractivity contribution in [2.24, 2.45) is 68.0 Å². The summed E-state index contributed by atoms with van der Waals surface area (Å²) in [5, 5.41) is 0. The molecule has 9 fully saturated rings. The van der Waals surface area contributed by atoms with Crippen LogP contribution in [0.1, 0.15) is 199 Å². The zero-order valence-corrected chi connectivity index (χ0v) is 36.6. The van der Waals surface area contributed by atoms with Crippen LogP contribution < -0.4 is 0 Å². The third kappa shape index (κ3) is 6.33. The molecule has 0 radical (unpaired) electrons. The van der Waals surface area contributed by atoms with Crippen LogP contribution in [0.4, 0.5) is 0 Å². The van der Waals surface area contributed by atoms with Crippen LogP contribution >= 0.6 is 0 Å². The van der Waals surface area contributed by atoms with Crippen LogP contribution in [0.5, 0.6) is 0 Å². The largest absolute Gasteiger partial charge is 0.459 e. The van der Waals surface area contributed by atoms with Gasteiger partial charge in [0.15, 0.2) is 0 Å². The van der Waals surface area contributed by atoms with Gasteiger partial charge in [-0.3, -0.25) is 14.4 Å². The summed E-state index contributed by atoms with van der Waals surface area (Å²) < 4.78 is 17.1. The van der Waals surface area contributed by atoms with Crippen LogP contribution in [0.25, 0.3) is 0 Å². The Morgan fingerprint density at radius 1 is 0.352 bits per heavy atom. The van der Waals surface area contributed by atoms with Crippen LogP contribution in [-0.2, 0) is 28.6 Å². The summed E-state index contributed by atoms with van der Waals surface area (Å²) in [6, 6.07) is 0. The minimum Gasteiger partial charge on any atom is -0.459 e. The van der Waals surface area contributed by atoms with Gasteiger partial charge in [0.2, 0.25) is 0 Å². The van der Waals surface area contributed by atoms with Crippen molar-refractivity contribution in [1.29, 1.82) is 0 Å². The highest BCUT2D eigenvalue weighted by Gasteiger charge is 2.65. The van der Waals surface area contributed by atoms with Crippen molar-refractivity contribution in [3.8, 4) is 0 Å². The Morgan fingerprint density at radius 3 is 0.833 bits per heavy atom. The van der Waals surface area contributed by atoms with Crippen molar-refractivity contribution in [2.45, 2.75) is 215 Å². The molecule has 0 unspecified atom stereocenters. The van der Waals surface area contributed by atoms with E-state index < -0.39 is 0 Å². The summed E-state index contributed by atoms with van der Waals surface area (Å²) in [7, 11) is 0. The molecule has 9 rings (SSSR count). The highest BCUT2D eigenvalue weighted by atomic mass is 16.6. The Labute approximate surface area is 329 Å². The van der Waals surface area contributed by atoms with Gasteiger partial charge in [-0.05, 0) is 148 Å². The van der Waals surface area contributed by atoms with Crippen LogP contribution in [0.2, 0.25) is 0 Å². The van der Waals surface area contributed by atoms with Crippen LogP contribution in [0.15, 0.2) is 0 Å². The van der Waals surface area contributed by atoms with E-state index in [1.54, 1.807) is 0 Å². The minimum absolute atomic E-state index is 0.0350. The van der Waals surface area contributed by atoms with Crippen molar-refractivity contribution in [1.82, 2.24) is 0 Å². The molecule has 6 nitrogen and oxygen atoms in total. The first kappa shape index (κ1) is 40.6. The van der Waals surface area contributed by atoms with E-state index in [0.717, 1.165) is 37.0 Å². The zero-order chi connectivity index (χ0) is 39.5. The van der Waals surface area contributed by atoms with Gasteiger partial charge in [0, 0.05) is 17.8 Å². The molecule has 12 atom stereocenters. The molecule has 3 saturated heterocycles. The lowest BCUT2D eigenvalue weighted by Gasteiger charge is -2.59. The summed E-state index contributed by atoms with van der Waals surface area (Å²) in [5.74, 6) is 3.69. The molecule has 3 aliphatic heterocycles. The van der Waals surface area contributed by atoms with Gasteiger partial charge >= 0.3 is 17.9 Å². The summed E-state index contributed by atoms with van der Waals surface area (Å²) >= 11 is 0. The summed E-state index contributed by atoms with van der Waals surface area (Å²) in [6.07, 6.45) is 20.6. The van der Waals surface area contributed by atoms with Crippen molar-refractivity contribution < 1.29 is 28.6 Å². The van der Waals surface area contributed by atoms with Crippen molar-refractivity contribution in [3.05, 3.63) is 0 Å². The molecule has 306 valence electrons. The fourth-order valence-corrected chi connectivity index (χ4v) is 16.9. The Bertz CT molecular complexity index is 1340. The summed E-state index contributed by atoms with van der Waals surface area (Å²) in [4.78, 5) is 35.3. The maximum Gasteiger partial charge on any atom is 0.306 e. The average Bonchev–Trinajstić information content (AvgIpc) is 3.65. The van der Waals surface area contributed by atoms with Crippen LogP contribution in [-0.4, -0.2) is 34.7 Å². The van der Waals surface area contributed by atoms with Crippen LogP contribution in [0.3, 0.4) is 0 Å². The van der Waals surface area contributed by atoms with Gasteiger partial charge in [-0.15, -0.1) is 0 Å². The molecule has 3 heterocycles. The second-order valence-electron chi connectivity index (χ2n) is 23.9. The van der Waals surface area contributed by atoms with E-state index in [-0.39, 0.29) is 34.7 Å². The van der Waals surface area contributed by atoms with Gasteiger partial charge in [-0.1, -0.05) is 81.6 Å². The first-order valence-electron chi connectivity index (χ1n) is 22.5. The Hall–Kier alpha value is -1.59. The number of hydrogen-bond acceptors (Lipinski definition) is 6. The van der Waals surface area contributed by atoms with E-state index in [2.05, 4.69) is 83.1 Å². The van der Waals surface area contributed by atoms with E-state index in [0.29, 0.717) is 69.5 Å². The molecule has 6 saturated carbocycles. The van der Waals surface area contributed by atoms with Gasteiger partial charge < -0.3 is 14.2 Å². The molecule has 0 N–H and O–H groups in total. The third-order valence-electron chi connectivity index (χ3n) is 19.4. The quantitative estimate of drug-likeness (QED) is 0.181. The number of rotatable bonds is 0. The summed E-state index contributed by atoms with van der Waals surface area (Å²) in [6.45, 7) is 28.4. The molecule has 0 aromatic carbocycles. The van der Waals surface area contributed by atoms with Crippen molar-refractivity contribution in [2.75, 3.05) is 0 Å². The molecule has 0 spiro atoms. The SMILES string of the molecule is CC1(C)CCC[C@]2(C)[C@H]3CC(=O)O[C@]3(C)CC[C@@H]12.CC1(C)CCC[C@]2(C)[C@H]3CC(=O)O[C@]3(C)CC[C@@H]12.CC1(C)CCC[C@]2(C)[C@H]3CC(=O)O[C@]3(C)CC[C@@H]12. The standard InChI is InChI=1S/3C16H26O2/c3*1-14(2)7-5-8-15(3)11(14)6-9-16(4)12(15)10-13(17)18-16/h3*11-12H,5-10H2,1-4H3/t3*11-,12+,15-,16+/m000/s1. The second-order valence-corrected chi connectivity index (χ2v) is 23.9. The maximum absolute atomic E-state index is 11.8. The van der Waals surface area contributed by atoms with E-state index in [1.807, 2.05) is 0 Å². The lowest BCUT2D eigenvalue weighted by atomic mass is 9.45. The monoisotopic (exact) mass is 751 g/mol. The molecule has 54 heavy (non-hydrogen) atoms. The molecule has 0 amide bonds. The molecule has 0 aromatic heterocycles. The molecule has 6 aliphatic carbocycles. The lowest BCUT2D eigenvalue weighted by molar-refractivity contribution is -0.166. The highest BCUT2D eigenvalue weighted by Crippen LogP contribution is 2.67. The smallest absolute Gasteiger partial charge is 0.306 e. The van der Waals surface area contributed by atoms with Crippen LogP contribution in [0, 0.1) is 68.0 Å². The minimum atomic E-state index is -0.171. The number of esters is 3. The number of fused-ring (bicyclic) bond motifs is 9. The van der Waals surface area contributed by atoms with Gasteiger partial charge in [-0.25, -0.2) is 0 Å². The molecule has 9 aliphatic rings. The number of ether oxygens (including phenoxy) is 3. The fraction of sp³-hybridized carbons (Fsp3) is 0.938. The average molecular weight is 751 g/mol. The Balaban J connectivity index is 0.000000125. The van der Waals surface area contributed by atoms with Gasteiger partial charge in [-0.2, -0.15) is 0 Å². The van der Waals surface area contributed by atoms with Gasteiger partial charge in [0.1, 0.15) is 16.8 Å². The predicted octanol–water partition coefficient (Wildman–Crippen LogP) is 11.8. The zero-order valence-electron chi connectivity index (χ0n) is 36.6.